The van der Waals surface area contributed by atoms with Crippen LogP contribution in [0, 0.1) is 0 Å². The van der Waals surface area contributed by atoms with Gasteiger partial charge < -0.3 is 14.6 Å². The molecule has 0 saturated carbocycles. The third-order valence-electron chi connectivity index (χ3n) is 3.52. The predicted molar refractivity (Wildman–Crippen MR) is 77.7 cm³/mol. The predicted octanol–water partition coefficient (Wildman–Crippen LogP) is 2.63. The molecule has 1 unspecified atom stereocenters. The molecule has 1 aromatic rings. The highest BCUT2D eigenvalue weighted by Crippen LogP contribution is 2.26. The Morgan fingerprint density at radius 1 is 1.47 bits per heavy atom. The Bertz CT molecular complexity index is 479. The minimum Gasteiger partial charge on any atom is -0.381 e. The first-order valence-electron chi connectivity index (χ1n) is 7.11. The Balaban J connectivity index is 2.06. The van der Waals surface area contributed by atoms with Gasteiger partial charge in [0.15, 0.2) is 0 Å². The maximum Gasteiger partial charge on any atom is 0.250 e. The summed E-state index contributed by atoms with van der Waals surface area (Å²) in [6.07, 6.45) is 4.89. The number of hydrogen-bond donors (Lipinski definition) is 1. The molecule has 1 fully saturated rings. The second-order valence-corrected chi connectivity index (χ2v) is 5.89. The SMILES string of the molecule is CCCn1cc(NC2CCOC(C)(C)C2)ccc1=O. The van der Waals surface area contributed by atoms with Crippen LogP contribution in [0.5, 0.6) is 0 Å². The topological polar surface area (TPSA) is 43.3 Å². The standard InChI is InChI=1S/C15H24N2O2/c1-4-8-17-11-13(5-6-14(17)18)16-12-7-9-19-15(2,3)10-12/h5-6,11-12,16H,4,7-10H2,1-3H3. The Kier molecular flexibility index (Phi) is 4.30. The average Bonchev–Trinajstić information content (AvgIpc) is 2.32. The molecular formula is C15H24N2O2. The zero-order chi connectivity index (χ0) is 13.9. The molecule has 1 saturated heterocycles. The first-order valence-corrected chi connectivity index (χ1v) is 7.11. The van der Waals surface area contributed by atoms with Crippen LogP contribution in [0.15, 0.2) is 23.1 Å². The second-order valence-electron chi connectivity index (χ2n) is 5.89. The Labute approximate surface area is 114 Å². The molecule has 2 heterocycles. The first kappa shape index (κ1) is 14.1. The third-order valence-corrected chi connectivity index (χ3v) is 3.52. The van der Waals surface area contributed by atoms with Gasteiger partial charge in [-0.25, -0.2) is 0 Å². The molecule has 1 aromatic heterocycles. The Morgan fingerprint density at radius 2 is 2.26 bits per heavy atom. The lowest BCUT2D eigenvalue weighted by atomic mass is 9.94. The minimum absolute atomic E-state index is 0.0617. The monoisotopic (exact) mass is 264 g/mol. The molecule has 2 rings (SSSR count). The largest absolute Gasteiger partial charge is 0.381 e. The summed E-state index contributed by atoms with van der Waals surface area (Å²) in [6, 6.07) is 3.93. The van der Waals surface area contributed by atoms with Gasteiger partial charge in [-0.05, 0) is 39.2 Å². The van der Waals surface area contributed by atoms with Gasteiger partial charge >= 0.3 is 0 Å². The average molecular weight is 264 g/mol. The van der Waals surface area contributed by atoms with Crippen molar-refractivity contribution in [2.24, 2.45) is 0 Å². The van der Waals surface area contributed by atoms with Crippen molar-refractivity contribution in [1.82, 2.24) is 4.57 Å². The third kappa shape index (κ3) is 3.83. The van der Waals surface area contributed by atoms with Crippen LogP contribution < -0.4 is 10.9 Å². The number of hydrogen-bond acceptors (Lipinski definition) is 3. The summed E-state index contributed by atoms with van der Waals surface area (Å²) in [6.45, 7) is 7.89. The lowest BCUT2D eigenvalue weighted by molar-refractivity contribution is -0.0553. The van der Waals surface area contributed by atoms with Crippen LogP contribution in [-0.2, 0) is 11.3 Å². The van der Waals surface area contributed by atoms with E-state index in [1.807, 2.05) is 12.3 Å². The summed E-state index contributed by atoms with van der Waals surface area (Å²) in [5, 5.41) is 3.52. The van der Waals surface area contributed by atoms with E-state index in [0.717, 1.165) is 38.1 Å². The van der Waals surface area contributed by atoms with E-state index >= 15 is 0 Å². The highest BCUT2D eigenvalue weighted by Gasteiger charge is 2.28. The first-order chi connectivity index (χ1) is 9.00. The normalized spacial score (nSPS) is 22.2. The van der Waals surface area contributed by atoms with E-state index in [-0.39, 0.29) is 11.2 Å². The van der Waals surface area contributed by atoms with Crippen molar-refractivity contribution in [3.05, 3.63) is 28.7 Å². The van der Waals surface area contributed by atoms with Gasteiger partial charge in [-0.15, -0.1) is 0 Å². The number of nitrogens with zero attached hydrogens (tertiary/aromatic N) is 1. The number of aromatic nitrogens is 1. The number of rotatable bonds is 4. The van der Waals surface area contributed by atoms with Crippen LogP contribution in [0.4, 0.5) is 5.69 Å². The van der Waals surface area contributed by atoms with Crippen LogP contribution in [0.1, 0.15) is 40.0 Å². The molecule has 1 aliphatic rings. The highest BCUT2D eigenvalue weighted by molar-refractivity contribution is 5.41. The molecule has 4 nitrogen and oxygen atoms in total. The van der Waals surface area contributed by atoms with E-state index in [0.29, 0.717) is 6.04 Å². The summed E-state index contributed by atoms with van der Waals surface area (Å²) in [7, 11) is 0. The molecule has 4 heteroatoms. The summed E-state index contributed by atoms with van der Waals surface area (Å²) < 4.78 is 7.49. The van der Waals surface area contributed by atoms with Crippen molar-refractivity contribution in [3.8, 4) is 0 Å². The van der Waals surface area contributed by atoms with Gasteiger partial charge in [-0.2, -0.15) is 0 Å². The number of nitrogens with one attached hydrogen (secondary N) is 1. The smallest absolute Gasteiger partial charge is 0.250 e. The number of anilines is 1. The fourth-order valence-electron chi connectivity index (χ4n) is 2.62. The molecule has 106 valence electrons. The van der Waals surface area contributed by atoms with Crippen LogP contribution in [-0.4, -0.2) is 22.8 Å². The molecule has 0 aliphatic carbocycles. The van der Waals surface area contributed by atoms with Gasteiger partial charge in [-0.3, -0.25) is 4.79 Å². The van der Waals surface area contributed by atoms with Crippen molar-refractivity contribution >= 4 is 5.69 Å². The van der Waals surface area contributed by atoms with Crippen molar-refractivity contribution in [1.29, 1.82) is 0 Å². The lowest BCUT2D eigenvalue weighted by Crippen LogP contribution is -2.40. The van der Waals surface area contributed by atoms with Crippen molar-refractivity contribution in [3.63, 3.8) is 0 Å². The fraction of sp³-hybridized carbons (Fsp3) is 0.667. The number of ether oxygens (including phenoxy) is 1. The van der Waals surface area contributed by atoms with Crippen molar-refractivity contribution in [2.75, 3.05) is 11.9 Å². The molecule has 1 aliphatic heterocycles. The van der Waals surface area contributed by atoms with Crippen LogP contribution in [0.2, 0.25) is 0 Å². The fourth-order valence-corrected chi connectivity index (χ4v) is 2.62. The molecule has 0 radical (unpaired) electrons. The Morgan fingerprint density at radius 3 is 2.95 bits per heavy atom. The molecule has 1 atom stereocenters. The molecule has 0 spiro atoms. The van der Waals surface area contributed by atoms with Gasteiger partial charge in [-0.1, -0.05) is 6.92 Å². The van der Waals surface area contributed by atoms with Gasteiger partial charge in [0, 0.05) is 31.5 Å². The van der Waals surface area contributed by atoms with Crippen LogP contribution in [0.25, 0.3) is 0 Å². The molecule has 0 bridgehead atoms. The molecule has 0 aromatic carbocycles. The van der Waals surface area contributed by atoms with Gasteiger partial charge in [0.2, 0.25) is 0 Å². The zero-order valence-corrected chi connectivity index (χ0v) is 12.1. The zero-order valence-electron chi connectivity index (χ0n) is 12.1. The van der Waals surface area contributed by atoms with E-state index in [1.54, 1.807) is 10.6 Å². The second kappa shape index (κ2) is 5.78. The van der Waals surface area contributed by atoms with Crippen molar-refractivity contribution in [2.45, 2.75) is 58.2 Å². The molecular weight excluding hydrogens is 240 g/mol. The molecule has 19 heavy (non-hydrogen) atoms. The van der Waals surface area contributed by atoms with Crippen molar-refractivity contribution < 1.29 is 4.74 Å². The summed E-state index contributed by atoms with van der Waals surface area (Å²) in [4.78, 5) is 11.7. The maximum absolute atomic E-state index is 11.7. The van der Waals surface area contributed by atoms with E-state index in [9.17, 15) is 4.79 Å². The lowest BCUT2D eigenvalue weighted by Gasteiger charge is -2.36. The number of aryl methyl sites for hydroxylation is 1. The summed E-state index contributed by atoms with van der Waals surface area (Å²) in [5.74, 6) is 0. The summed E-state index contributed by atoms with van der Waals surface area (Å²) >= 11 is 0. The van der Waals surface area contributed by atoms with E-state index < -0.39 is 0 Å². The maximum atomic E-state index is 11.7. The molecule has 0 amide bonds. The Hall–Kier alpha value is -1.29. The summed E-state index contributed by atoms with van der Waals surface area (Å²) in [5.41, 5.74) is 1.03. The quantitative estimate of drug-likeness (QED) is 0.909. The number of pyridine rings is 1. The van der Waals surface area contributed by atoms with Crippen LogP contribution >= 0.6 is 0 Å². The van der Waals surface area contributed by atoms with Gasteiger partial charge in [0.25, 0.3) is 5.56 Å². The van der Waals surface area contributed by atoms with E-state index in [2.05, 4.69) is 26.1 Å². The van der Waals surface area contributed by atoms with Gasteiger partial charge in [0.1, 0.15) is 0 Å². The van der Waals surface area contributed by atoms with Crippen LogP contribution in [0.3, 0.4) is 0 Å². The van der Waals surface area contributed by atoms with Gasteiger partial charge in [0.05, 0.1) is 11.3 Å². The highest BCUT2D eigenvalue weighted by atomic mass is 16.5. The van der Waals surface area contributed by atoms with E-state index in [4.69, 9.17) is 4.74 Å². The molecule has 1 N–H and O–H groups in total. The minimum atomic E-state index is -0.0617. The van der Waals surface area contributed by atoms with E-state index in [1.165, 1.54) is 0 Å².